The molecule has 0 amide bonds. The molecule has 5 nitrogen and oxygen atoms in total. The van der Waals surface area contributed by atoms with Crippen molar-refractivity contribution in [3.05, 3.63) is 47.5 Å². The molecule has 6 heteroatoms. The van der Waals surface area contributed by atoms with Gasteiger partial charge in [-0.2, -0.15) is 0 Å². The van der Waals surface area contributed by atoms with Crippen LogP contribution in [0.1, 0.15) is 37.4 Å². The highest BCUT2D eigenvalue weighted by Gasteiger charge is 2.20. The van der Waals surface area contributed by atoms with Crippen LogP contribution in [0, 0.1) is 12.7 Å². The number of aliphatic hydroxyl groups excluding tert-OH is 1. The third kappa shape index (κ3) is 3.80. The predicted molar refractivity (Wildman–Crippen MR) is 102 cm³/mol. The Hall–Kier alpha value is -2.60. The Morgan fingerprint density at radius 2 is 2.12 bits per heavy atom. The molecule has 0 fully saturated rings. The van der Waals surface area contributed by atoms with Crippen LogP contribution in [0.3, 0.4) is 0 Å². The maximum Gasteiger partial charge on any atom is 0.218 e. The smallest absolute Gasteiger partial charge is 0.218 e. The van der Waals surface area contributed by atoms with Gasteiger partial charge in [-0.3, -0.25) is 4.98 Å². The van der Waals surface area contributed by atoms with Crippen LogP contribution in [-0.4, -0.2) is 16.6 Å². The summed E-state index contributed by atoms with van der Waals surface area (Å²) < 4.78 is 19.6. The molecule has 2 heterocycles. The fourth-order valence-corrected chi connectivity index (χ4v) is 2.94. The van der Waals surface area contributed by atoms with E-state index in [9.17, 15) is 9.50 Å². The van der Waals surface area contributed by atoms with Gasteiger partial charge in [-0.25, -0.2) is 4.39 Å². The summed E-state index contributed by atoms with van der Waals surface area (Å²) in [5, 5.41) is 17.1. The Balaban J connectivity index is 2.04. The lowest BCUT2D eigenvalue weighted by atomic mass is 10.1. The molecule has 3 rings (SSSR count). The van der Waals surface area contributed by atoms with Gasteiger partial charge in [0, 0.05) is 24.0 Å². The van der Waals surface area contributed by atoms with Gasteiger partial charge in [0.1, 0.15) is 11.5 Å². The van der Waals surface area contributed by atoms with Crippen LogP contribution in [-0.2, 0) is 6.61 Å². The Kier molecular flexibility index (Phi) is 5.73. The number of rotatable bonds is 8. The normalized spacial score (nSPS) is 11.1. The second-order valence-electron chi connectivity index (χ2n) is 6.31. The molecular weight excluding hydrogens is 333 g/mol. The van der Waals surface area contributed by atoms with E-state index in [0.29, 0.717) is 28.4 Å². The van der Waals surface area contributed by atoms with E-state index >= 15 is 0 Å². The minimum absolute atomic E-state index is 0.156. The van der Waals surface area contributed by atoms with Crippen molar-refractivity contribution in [2.75, 3.05) is 17.2 Å². The molecular formula is C20H24FN3O2. The summed E-state index contributed by atoms with van der Waals surface area (Å²) in [6.07, 6.45) is 4.93. The monoisotopic (exact) mass is 357 g/mol. The molecule has 0 aliphatic carbocycles. The molecule has 0 atom stereocenters. The van der Waals surface area contributed by atoms with Crippen molar-refractivity contribution in [1.29, 1.82) is 0 Å². The van der Waals surface area contributed by atoms with Gasteiger partial charge in [0.2, 0.25) is 5.88 Å². The molecule has 0 saturated carbocycles. The van der Waals surface area contributed by atoms with E-state index in [1.165, 1.54) is 12.1 Å². The van der Waals surface area contributed by atoms with Crippen LogP contribution in [0.4, 0.5) is 21.6 Å². The number of aromatic nitrogens is 1. The lowest BCUT2D eigenvalue weighted by Crippen LogP contribution is -2.03. The molecule has 26 heavy (non-hydrogen) atoms. The lowest BCUT2D eigenvalue weighted by Gasteiger charge is -2.10. The van der Waals surface area contributed by atoms with E-state index in [2.05, 4.69) is 22.5 Å². The Bertz CT molecular complexity index is 892. The van der Waals surface area contributed by atoms with E-state index in [1.807, 2.05) is 6.92 Å². The second kappa shape index (κ2) is 8.19. The molecule has 0 aliphatic heterocycles. The van der Waals surface area contributed by atoms with Crippen molar-refractivity contribution in [3.8, 4) is 0 Å². The van der Waals surface area contributed by atoms with Crippen molar-refractivity contribution in [2.24, 2.45) is 0 Å². The van der Waals surface area contributed by atoms with Crippen molar-refractivity contribution < 1.29 is 13.9 Å². The third-order valence-corrected chi connectivity index (χ3v) is 4.30. The maximum atomic E-state index is 13.6. The molecule has 3 aromatic rings. The molecule has 0 radical (unpaired) electrons. The van der Waals surface area contributed by atoms with Gasteiger partial charge >= 0.3 is 0 Å². The molecule has 0 saturated heterocycles. The highest BCUT2D eigenvalue weighted by molar-refractivity contribution is 6.01. The lowest BCUT2D eigenvalue weighted by molar-refractivity contribution is 0.283. The molecule has 0 aliphatic rings. The van der Waals surface area contributed by atoms with Crippen molar-refractivity contribution in [3.63, 3.8) is 0 Å². The van der Waals surface area contributed by atoms with E-state index in [-0.39, 0.29) is 12.4 Å². The number of aliphatic hydroxyl groups is 1. The van der Waals surface area contributed by atoms with Crippen LogP contribution in [0.25, 0.3) is 11.0 Å². The average Bonchev–Trinajstić information content (AvgIpc) is 2.99. The number of unbranched alkanes of at least 4 members (excludes halogenated alkanes) is 2. The van der Waals surface area contributed by atoms with Gasteiger partial charge in [-0.15, -0.1) is 0 Å². The quantitative estimate of drug-likeness (QED) is 0.489. The van der Waals surface area contributed by atoms with Crippen molar-refractivity contribution in [2.45, 2.75) is 39.7 Å². The summed E-state index contributed by atoms with van der Waals surface area (Å²) in [6, 6.07) is 6.26. The minimum Gasteiger partial charge on any atom is -0.436 e. The SMILES string of the molecule is CCCCCNc1oc2c(C)ncc(CO)c2c1Nc1cccc(F)c1. The number of aryl methyl sites for hydroxylation is 1. The molecule has 1 aromatic carbocycles. The van der Waals surface area contributed by atoms with Gasteiger partial charge in [0.15, 0.2) is 5.58 Å². The molecule has 0 spiro atoms. The van der Waals surface area contributed by atoms with Gasteiger partial charge in [0.25, 0.3) is 0 Å². The molecule has 0 bridgehead atoms. The first-order valence-electron chi connectivity index (χ1n) is 8.92. The number of halogens is 1. The van der Waals surface area contributed by atoms with E-state index < -0.39 is 0 Å². The number of hydrogen-bond donors (Lipinski definition) is 3. The fourth-order valence-electron chi connectivity index (χ4n) is 2.94. The van der Waals surface area contributed by atoms with Crippen LogP contribution >= 0.6 is 0 Å². The summed E-state index contributed by atoms with van der Waals surface area (Å²) in [4.78, 5) is 4.29. The number of anilines is 3. The summed E-state index contributed by atoms with van der Waals surface area (Å²) in [7, 11) is 0. The first kappa shape index (κ1) is 18.2. The van der Waals surface area contributed by atoms with Gasteiger partial charge in [-0.05, 0) is 31.5 Å². The number of furan rings is 1. The topological polar surface area (TPSA) is 70.3 Å². The zero-order chi connectivity index (χ0) is 18.5. The third-order valence-electron chi connectivity index (χ3n) is 4.30. The largest absolute Gasteiger partial charge is 0.436 e. The summed E-state index contributed by atoms with van der Waals surface area (Å²) in [5.74, 6) is 0.256. The zero-order valence-corrected chi connectivity index (χ0v) is 15.1. The number of nitrogens with zero attached hydrogens (tertiary/aromatic N) is 1. The number of benzene rings is 1. The van der Waals surface area contributed by atoms with Crippen LogP contribution in [0.5, 0.6) is 0 Å². The second-order valence-corrected chi connectivity index (χ2v) is 6.31. The van der Waals surface area contributed by atoms with Gasteiger partial charge in [0.05, 0.1) is 17.7 Å². The van der Waals surface area contributed by atoms with Crippen LogP contribution in [0.15, 0.2) is 34.9 Å². The molecule has 138 valence electrons. The van der Waals surface area contributed by atoms with Crippen LogP contribution < -0.4 is 10.6 Å². The van der Waals surface area contributed by atoms with Gasteiger partial charge in [-0.1, -0.05) is 25.8 Å². The number of nitrogens with one attached hydrogen (secondary N) is 2. The maximum absolute atomic E-state index is 13.6. The Morgan fingerprint density at radius 3 is 2.85 bits per heavy atom. The summed E-state index contributed by atoms with van der Waals surface area (Å²) >= 11 is 0. The fraction of sp³-hybridized carbons (Fsp3) is 0.350. The van der Waals surface area contributed by atoms with Crippen molar-refractivity contribution >= 4 is 28.2 Å². The Morgan fingerprint density at radius 1 is 1.27 bits per heavy atom. The highest BCUT2D eigenvalue weighted by Crippen LogP contribution is 2.40. The standard InChI is InChI=1S/C20H24FN3O2/c1-3-4-5-9-22-20-18(24-16-8-6-7-15(21)10-16)17-14(12-25)11-23-13(2)19(17)26-20/h6-8,10-11,22,24-25H,3-5,9,12H2,1-2H3. The first-order valence-corrected chi connectivity index (χ1v) is 8.92. The average molecular weight is 357 g/mol. The van der Waals surface area contributed by atoms with E-state index in [0.717, 1.165) is 36.9 Å². The predicted octanol–water partition coefficient (Wildman–Crippen LogP) is 5.11. The van der Waals surface area contributed by atoms with Gasteiger partial charge < -0.3 is 20.2 Å². The molecule has 0 unspecified atom stereocenters. The summed E-state index contributed by atoms with van der Waals surface area (Å²) in [5.41, 5.74) is 3.32. The number of fused-ring (bicyclic) bond motifs is 1. The van der Waals surface area contributed by atoms with Crippen LogP contribution in [0.2, 0.25) is 0 Å². The summed E-state index contributed by atoms with van der Waals surface area (Å²) in [6.45, 7) is 4.63. The number of hydrogen-bond acceptors (Lipinski definition) is 5. The molecule has 2 aromatic heterocycles. The highest BCUT2D eigenvalue weighted by atomic mass is 19.1. The Labute approximate surface area is 152 Å². The minimum atomic E-state index is -0.319. The van der Waals surface area contributed by atoms with Crippen molar-refractivity contribution in [1.82, 2.24) is 4.98 Å². The van der Waals surface area contributed by atoms with E-state index in [4.69, 9.17) is 4.42 Å². The number of pyridine rings is 1. The van der Waals surface area contributed by atoms with E-state index in [1.54, 1.807) is 18.3 Å². The molecule has 3 N–H and O–H groups in total. The first-order chi connectivity index (χ1) is 12.6. The zero-order valence-electron chi connectivity index (χ0n) is 15.1.